The highest BCUT2D eigenvalue weighted by Gasteiger charge is 2.43. The van der Waals surface area contributed by atoms with Crippen molar-refractivity contribution in [2.24, 2.45) is 0 Å². The maximum atomic E-state index is 14.6. The SMILES string of the molecule is CN(CC(OC(=O)C(F)(F)F)N(C)C)C(=O)N1CC(c2cc(F)ccc2F)=CC(c2ccccc2)C1. The predicted molar refractivity (Wildman–Crippen MR) is 123 cm³/mol. The monoisotopic (exact) mass is 511 g/mol. The molecule has 194 valence electrons. The van der Waals surface area contributed by atoms with E-state index in [1.165, 1.54) is 30.9 Å². The molecule has 2 unspecified atom stereocenters. The Balaban J connectivity index is 1.86. The lowest BCUT2D eigenvalue weighted by Crippen LogP contribution is -2.50. The molecule has 0 aliphatic carbocycles. The van der Waals surface area contributed by atoms with Gasteiger partial charge < -0.3 is 14.5 Å². The van der Waals surface area contributed by atoms with E-state index < -0.39 is 36.0 Å². The van der Waals surface area contributed by atoms with Crippen molar-refractivity contribution in [3.63, 3.8) is 0 Å². The van der Waals surface area contributed by atoms with Gasteiger partial charge in [0.25, 0.3) is 0 Å². The van der Waals surface area contributed by atoms with Gasteiger partial charge in [-0.3, -0.25) is 4.90 Å². The highest BCUT2D eigenvalue weighted by atomic mass is 19.4. The van der Waals surface area contributed by atoms with Crippen LogP contribution in [0, 0.1) is 11.6 Å². The molecule has 3 rings (SSSR count). The summed E-state index contributed by atoms with van der Waals surface area (Å²) in [7, 11) is 4.18. The van der Waals surface area contributed by atoms with E-state index in [0.717, 1.165) is 28.7 Å². The Hall–Kier alpha value is -3.47. The third kappa shape index (κ3) is 6.60. The normalized spacial score (nSPS) is 17.0. The number of carbonyl (C=O) groups excluding carboxylic acids is 2. The average Bonchev–Trinajstić information content (AvgIpc) is 2.84. The number of ether oxygens (including phenoxy) is 1. The number of alkyl halides is 3. The molecule has 36 heavy (non-hydrogen) atoms. The van der Waals surface area contributed by atoms with Gasteiger partial charge in [-0.2, -0.15) is 13.2 Å². The summed E-state index contributed by atoms with van der Waals surface area (Å²) >= 11 is 0. The molecule has 0 radical (unpaired) electrons. The van der Waals surface area contributed by atoms with Gasteiger partial charge in [0.1, 0.15) is 11.6 Å². The third-order valence-electron chi connectivity index (χ3n) is 5.76. The van der Waals surface area contributed by atoms with Crippen LogP contribution >= 0.6 is 0 Å². The predicted octanol–water partition coefficient (Wildman–Crippen LogP) is 4.49. The van der Waals surface area contributed by atoms with Crippen molar-refractivity contribution in [2.75, 3.05) is 40.8 Å². The molecule has 0 N–H and O–H groups in total. The molecule has 1 aliphatic heterocycles. The Morgan fingerprint density at radius 1 is 1.08 bits per heavy atom. The number of hydrogen-bond acceptors (Lipinski definition) is 4. The van der Waals surface area contributed by atoms with Crippen molar-refractivity contribution in [3.05, 3.63) is 77.4 Å². The zero-order chi connectivity index (χ0) is 26.6. The first-order chi connectivity index (χ1) is 16.9. The number of nitrogens with zero attached hydrogens (tertiary/aromatic N) is 3. The molecular formula is C25H26F5N3O3. The van der Waals surface area contributed by atoms with Gasteiger partial charge in [0.2, 0.25) is 0 Å². The molecule has 1 aliphatic rings. The molecular weight excluding hydrogens is 485 g/mol. The summed E-state index contributed by atoms with van der Waals surface area (Å²) in [6, 6.07) is 11.6. The largest absolute Gasteiger partial charge is 0.490 e. The lowest BCUT2D eigenvalue weighted by Gasteiger charge is -2.37. The summed E-state index contributed by atoms with van der Waals surface area (Å²) in [5, 5.41) is 0. The summed E-state index contributed by atoms with van der Waals surface area (Å²) < 4.78 is 71.1. The van der Waals surface area contributed by atoms with E-state index in [4.69, 9.17) is 0 Å². The van der Waals surface area contributed by atoms with Gasteiger partial charge in [-0.15, -0.1) is 0 Å². The quantitative estimate of drug-likeness (QED) is 0.326. The van der Waals surface area contributed by atoms with Crippen LogP contribution in [0.3, 0.4) is 0 Å². The molecule has 0 spiro atoms. The molecule has 6 nitrogen and oxygen atoms in total. The highest BCUT2D eigenvalue weighted by Crippen LogP contribution is 2.32. The molecule has 2 aromatic carbocycles. The van der Waals surface area contributed by atoms with Crippen molar-refractivity contribution >= 4 is 17.6 Å². The van der Waals surface area contributed by atoms with Gasteiger partial charge in [0, 0.05) is 31.6 Å². The molecule has 2 aromatic rings. The minimum Gasteiger partial charge on any atom is -0.438 e. The Kier molecular flexibility index (Phi) is 8.34. The van der Waals surface area contributed by atoms with Crippen LogP contribution in [-0.2, 0) is 9.53 Å². The Labute approximate surface area is 205 Å². The van der Waals surface area contributed by atoms with E-state index in [0.29, 0.717) is 5.57 Å². The Bertz CT molecular complexity index is 1120. The molecule has 2 amide bonds. The zero-order valence-electron chi connectivity index (χ0n) is 19.9. The first-order valence-electron chi connectivity index (χ1n) is 11.0. The highest BCUT2D eigenvalue weighted by molar-refractivity contribution is 5.80. The minimum atomic E-state index is -5.18. The van der Waals surface area contributed by atoms with E-state index in [2.05, 4.69) is 4.74 Å². The summed E-state index contributed by atoms with van der Waals surface area (Å²) in [6.45, 7) is -0.210. The number of likely N-dealkylation sites (N-methyl/N-ethyl adjacent to an activating group) is 2. The van der Waals surface area contributed by atoms with E-state index in [1.807, 2.05) is 30.3 Å². The third-order valence-corrected chi connectivity index (χ3v) is 5.76. The van der Waals surface area contributed by atoms with Crippen LogP contribution < -0.4 is 0 Å². The number of urea groups is 1. The van der Waals surface area contributed by atoms with Crippen LogP contribution in [0.25, 0.3) is 5.57 Å². The zero-order valence-corrected chi connectivity index (χ0v) is 19.9. The summed E-state index contributed by atoms with van der Waals surface area (Å²) in [5.41, 5.74) is 1.25. The van der Waals surface area contributed by atoms with E-state index >= 15 is 0 Å². The number of halogens is 5. The second-order valence-corrected chi connectivity index (χ2v) is 8.70. The maximum absolute atomic E-state index is 14.6. The number of esters is 1. The van der Waals surface area contributed by atoms with Crippen LogP contribution in [-0.4, -0.2) is 79.9 Å². The number of amides is 2. The molecule has 0 saturated heterocycles. The van der Waals surface area contributed by atoms with Crippen molar-refractivity contribution in [1.82, 2.24) is 14.7 Å². The first kappa shape index (κ1) is 27.1. The number of hydrogen-bond donors (Lipinski definition) is 0. The van der Waals surface area contributed by atoms with Crippen molar-refractivity contribution in [1.29, 1.82) is 0 Å². The fourth-order valence-corrected chi connectivity index (χ4v) is 3.87. The summed E-state index contributed by atoms with van der Waals surface area (Å²) in [6.07, 6.45) is -4.76. The summed E-state index contributed by atoms with van der Waals surface area (Å²) in [4.78, 5) is 28.4. The van der Waals surface area contributed by atoms with Gasteiger partial charge >= 0.3 is 18.2 Å². The molecule has 11 heteroatoms. The van der Waals surface area contributed by atoms with Crippen LogP contribution in [0.4, 0.5) is 26.7 Å². The second kappa shape index (κ2) is 11.1. The maximum Gasteiger partial charge on any atom is 0.490 e. The standard InChI is InChI=1S/C25H26F5N3O3/c1-31(2)22(36-23(34)25(28,29)30)15-32(3)24(35)33-13-17(16-7-5-4-6-8-16)11-18(14-33)20-12-19(26)9-10-21(20)27/h4-12,17,22H,13-15H2,1-3H3. The van der Waals surface area contributed by atoms with Crippen LogP contribution in [0.2, 0.25) is 0 Å². The smallest absolute Gasteiger partial charge is 0.438 e. The van der Waals surface area contributed by atoms with Crippen molar-refractivity contribution < 1.29 is 36.3 Å². The molecule has 2 atom stereocenters. The van der Waals surface area contributed by atoms with Crippen LogP contribution in [0.5, 0.6) is 0 Å². The Morgan fingerprint density at radius 3 is 2.36 bits per heavy atom. The fraction of sp³-hybridized carbons (Fsp3) is 0.360. The van der Waals surface area contributed by atoms with Crippen LogP contribution in [0.1, 0.15) is 17.0 Å². The van der Waals surface area contributed by atoms with Gasteiger partial charge in [-0.05, 0) is 43.4 Å². The van der Waals surface area contributed by atoms with Gasteiger partial charge in [-0.25, -0.2) is 18.4 Å². The number of benzene rings is 2. The number of rotatable bonds is 6. The first-order valence-corrected chi connectivity index (χ1v) is 11.0. The van der Waals surface area contributed by atoms with Gasteiger partial charge in [0.05, 0.1) is 6.54 Å². The van der Waals surface area contributed by atoms with Gasteiger partial charge in [0.15, 0.2) is 6.23 Å². The Morgan fingerprint density at radius 2 is 1.75 bits per heavy atom. The van der Waals surface area contributed by atoms with Gasteiger partial charge in [-0.1, -0.05) is 36.4 Å². The number of carbonyl (C=O) groups is 2. The van der Waals surface area contributed by atoms with E-state index in [1.54, 1.807) is 6.08 Å². The van der Waals surface area contributed by atoms with Crippen LogP contribution in [0.15, 0.2) is 54.6 Å². The lowest BCUT2D eigenvalue weighted by molar-refractivity contribution is -0.211. The molecule has 0 fully saturated rings. The summed E-state index contributed by atoms with van der Waals surface area (Å²) in [5.74, 6) is -3.99. The van der Waals surface area contributed by atoms with Crippen molar-refractivity contribution in [3.8, 4) is 0 Å². The molecule has 0 bridgehead atoms. The van der Waals surface area contributed by atoms with E-state index in [9.17, 15) is 31.5 Å². The van der Waals surface area contributed by atoms with E-state index in [-0.39, 0.29) is 31.1 Å². The fourth-order valence-electron chi connectivity index (χ4n) is 3.87. The second-order valence-electron chi connectivity index (χ2n) is 8.70. The minimum absolute atomic E-state index is 0.0151. The molecule has 1 heterocycles. The molecule has 0 saturated carbocycles. The average molecular weight is 511 g/mol. The topological polar surface area (TPSA) is 53.1 Å². The lowest BCUT2D eigenvalue weighted by atomic mass is 9.90. The molecule has 0 aromatic heterocycles. The van der Waals surface area contributed by atoms with Crippen molar-refractivity contribution in [2.45, 2.75) is 18.3 Å².